The molecule has 2 unspecified atom stereocenters. The van der Waals surface area contributed by atoms with Gasteiger partial charge in [-0.3, -0.25) is 0 Å². The second-order valence-electron chi connectivity index (χ2n) is 10.0. The van der Waals surface area contributed by atoms with Crippen LogP contribution in [-0.2, 0) is 6.42 Å². The van der Waals surface area contributed by atoms with Crippen LogP contribution < -0.4 is 10.0 Å². The van der Waals surface area contributed by atoms with E-state index < -0.39 is 0 Å². The number of hydrogen-bond acceptors (Lipinski definition) is 7. The lowest BCUT2D eigenvalue weighted by Crippen LogP contribution is -2.44. The van der Waals surface area contributed by atoms with Gasteiger partial charge in [0.15, 0.2) is 5.65 Å². The van der Waals surface area contributed by atoms with Gasteiger partial charge in [-0.25, -0.2) is 15.2 Å². The Morgan fingerprint density at radius 1 is 1.11 bits per heavy atom. The molecule has 3 aromatic rings. The highest BCUT2D eigenvalue weighted by molar-refractivity contribution is 7.18. The van der Waals surface area contributed by atoms with Gasteiger partial charge in [-0.2, -0.15) is 4.65 Å². The molecular formula is C27H33Cl2N5O2S. The van der Waals surface area contributed by atoms with Gasteiger partial charge in [0.05, 0.1) is 19.8 Å². The van der Waals surface area contributed by atoms with E-state index >= 15 is 0 Å². The SMILES string of the molecule is [O-]C(CCc1nc2nc(N3CCCCC3)ccc2s1)=NCCC[N+]1(O)CCCC1c1ccc(Cl)c(Cl)c1. The topological polar surface area (TPSA) is 84.7 Å². The van der Waals surface area contributed by atoms with Crippen LogP contribution in [0.3, 0.4) is 0 Å². The Balaban J connectivity index is 1.11. The molecule has 1 N–H and O–H groups in total. The summed E-state index contributed by atoms with van der Waals surface area (Å²) in [6.07, 6.45) is 7.09. The second-order valence-corrected chi connectivity index (χ2v) is 12.0. The number of nitrogens with zero attached hydrogens (tertiary/aromatic N) is 5. The standard InChI is InChI=1S/C27H33Cl2N5O2S/c28-20-8-7-19(18-21(20)29)22-6-4-16-34(22,36)17-5-13-30-25(35)11-12-26-32-27-23(37-26)9-10-24(31-27)33-14-2-1-3-15-33/h7-10,18,22,36H,1-6,11-17H2. The van der Waals surface area contributed by atoms with Crippen molar-refractivity contribution < 1.29 is 15.0 Å². The number of thiazole rings is 1. The van der Waals surface area contributed by atoms with E-state index in [1.165, 1.54) is 19.3 Å². The minimum atomic E-state index is -0.117. The Bertz CT molecular complexity index is 1260. The number of halogens is 2. The van der Waals surface area contributed by atoms with E-state index in [9.17, 15) is 10.3 Å². The first-order valence-electron chi connectivity index (χ1n) is 13.2. The molecule has 198 valence electrons. The van der Waals surface area contributed by atoms with Crippen LogP contribution in [0.25, 0.3) is 10.3 Å². The third-order valence-electron chi connectivity index (χ3n) is 7.44. The zero-order valence-corrected chi connectivity index (χ0v) is 23.2. The Hall–Kier alpha value is -1.97. The smallest absolute Gasteiger partial charge is 0.172 e. The molecule has 2 aliphatic heterocycles. The number of benzene rings is 1. The highest BCUT2D eigenvalue weighted by atomic mass is 35.5. The van der Waals surface area contributed by atoms with Gasteiger partial charge < -0.3 is 15.0 Å². The van der Waals surface area contributed by atoms with Gasteiger partial charge in [0.2, 0.25) is 0 Å². The molecule has 2 aromatic heterocycles. The molecule has 0 bridgehead atoms. The molecule has 0 saturated carbocycles. The summed E-state index contributed by atoms with van der Waals surface area (Å²) in [6, 6.07) is 9.71. The molecule has 10 heteroatoms. The summed E-state index contributed by atoms with van der Waals surface area (Å²) >= 11 is 13.9. The van der Waals surface area contributed by atoms with Gasteiger partial charge in [-0.05, 0) is 55.8 Å². The summed E-state index contributed by atoms with van der Waals surface area (Å²) in [5.41, 5.74) is 1.77. The third-order valence-corrected chi connectivity index (χ3v) is 9.25. The Kier molecular flexibility index (Phi) is 8.51. The monoisotopic (exact) mass is 561 g/mol. The van der Waals surface area contributed by atoms with Crippen molar-refractivity contribution in [2.75, 3.05) is 37.6 Å². The van der Waals surface area contributed by atoms with Crippen LogP contribution in [0.4, 0.5) is 5.82 Å². The summed E-state index contributed by atoms with van der Waals surface area (Å²) in [7, 11) is 0. The summed E-state index contributed by atoms with van der Waals surface area (Å²) in [4.78, 5) is 16.0. The number of hydrogen-bond donors (Lipinski definition) is 1. The number of anilines is 1. The number of aliphatic imine (C=N–C) groups is 1. The zero-order valence-electron chi connectivity index (χ0n) is 20.9. The predicted octanol–water partition coefficient (Wildman–Crippen LogP) is 5.81. The van der Waals surface area contributed by atoms with Crippen molar-refractivity contribution in [3.63, 3.8) is 0 Å². The molecule has 37 heavy (non-hydrogen) atoms. The van der Waals surface area contributed by atoms with Gasteiger partial charge >= 0.3 is 0 Å². The van der Waals surface area contributed by atoms with Crippen LogP contribution in [-0.4, -0.2) is 58.4 Å². The average Bonchev–Trinajstić information content (AvgIpc) is 3.50. The number of likely N-dealkylation sites (tertiary alicyclic amines) is 1. The quantitative estimate of drug-likeness (QED) is 0.154. The van der Waals surface area contributed by atoms with Crippen molar-refractivity contribution in [2.24, 2.45) is 4.99 Å². The largest absolute Gasteiger partial charge is 0.862 e. The number of aromatic nitrogens is 2. The van der Waals surface area contributed by atoms with Crippen LogP contribution in [0, 0.1) is 0 Å². The molecular weight excluding hydrogens is 529 g/mol. The molecule has 4 heterocycles. The maximum atomic E-state index is 12.4. The zero-order chi connectivity index (χ0) is 25.8. The first-order valence-corrected chi connectivity index (χ1v) is 14.7. The minimum Gasteiger partial charge on any atom is -0.862 e. The molecule has 2 aliphatic rings. The van der Waals surface area contributed by atoms with Gasteiger partial charge in [0.25, 0.3) is 0 Å². The second kappa shape index (κ2) is 11.8. The molecule has 2 atom stereocenters. The van der Waals surface area contributed by atoms with Crippen LogP contribution in [0.1, 0.15) is 61.6 Å². The van der Waals surface area contributed by atoms with Gasteiger partial charge in [-0.1, -0.05) is 29.3 Å². The number of fused-ring (bicyclic) bond motifs is 1. The van der Waals surface area contributed by atoms with Crippen LogP contribution in [0.2, 0.25) is 10.0 Å². The molecule has 5 rings (SSSR count). The van der Waals surface area contributed by atoms with Crippen molar-refractivity contribution in [1.29, 1.82) is 0 Å². The predicted molar refractivity (Wildman–Crippen MR) is 149 cm³/mol. The molecule has 0 aliphatic carbocycles. The van der Waals surface area contributed by atoms with E-state index in [-0.39, 0.29) is 16.6 Å². The number of aryl methyl sites for hydroxylation is 1. The lowest BCUT2D eigenvalue weighted by molar-refractivity contribution is -1.12. The Morgan fingerprint density at radius 3 is 2.76 bits per heavy atom. The van der Waals surface area contributed by atoms with Crippen LogP contribution >= 0.6 is 34.5 Å². The molecule has 2 saturated heterocycles. The van der Waals surface area contributed by atoms with Crippen LogP contribution in [0.5, 0.6) is 0 Å². The fraction of sp³-hybridized carbons (Fsp3) is 0.519. The number of rotatable bonds is 9. The molecule has 2 fully saturated rings. The maximum absolute atomic E-state index is 12.4. The maximum Gasteiger partial charge on any atom is 0.172 e. The number of quaternary nitrogens is 1. The summed E-state index contributed by atoms with van der Waals surface area (Å²) < 4.78 is 1.01. The van der Waals surface area contributed by atoms with Crippen molar-refractivity contribution in [2.45, 2.75) is 57.4 Å². The molecule has 1 aromatic carbocycles. The summed E-state index contributed by atoms with van der Waals surface area (Å²) in [6.45, 7) is 3.75. The Morgan fingerprint density at radius 2 is 1.95 bits per heavy atom. The first kappa shape index (κ1) is 26.6. The van der Waals surface area contributed by atoms with Gasteiger partial charge in [0, 0.05) is 50.9 Å². The lowest BCUT2D eigenvalue weighted by Gasteiger charge is -2.32. The van der Waals surface area contributed by atoms with Crippen molar-refractivity contribution in [1.82, 2.24) is 9.97 Å². The van der Waals surface area contributed by atoms with Crippen LogP contribution in [0.15, 0.2) is 35.3 Å². The van der Waals surface area contributed by atoms with Crippen molar-refractivity contribution >= 4 is 56.6 Å². The first-order chi connectivity index (χ1) is 17.9. The highest BCUT2D eigenvalue weighted by Crippen LogP contribution is 2.39. The number of hydroxylamine groups is 3. The van der Waals surface area contributed by atoms with E-state index in [2.05, 4.69) is 27.0 Å². The van der Waals surface area contributed by atoms with Crippen molar-refractivity contribution in [3.8, 4) is 0 Å². The summed E-state index contributed by atoms with van der Waals surface area (Å²) in [5.74, 6) is 0.881. The minimum absolute atomic E-state index is 0.0338. The van der Waals surface area contributed by atoms with Gasteiger partial charge in [0.1, 0.15) is 24.9 Å². The fourth-order valence-electron chi connectivity index (χ4n) is 5.49. The lowest BCUT2D eigenvalue weighted by atomic mass is 10.0. The summed E-state index contributed by atoms with van der Waals surface area (Å²) in [5, 5.41) is 25.6. The number of pyridine rings is 1. The molecule has 7 nitrogen and oxygen atoms in total. The van der Waals surface area contributed by atoms with E-state index in [0.717, 1.165) is 52.7 Å². The van der Waals surface area contributed by atoms with Crippen molar-refractivity contribution in [3.05, 3.63) is 50.9 Å². The molecule has 0 radical (unpaired) electrons. The highest BCUT2D eigenvalue weighted by Gasteiger charge is 2.42. The molecule has 0 amide bonds. The van der Waals surface area contributed by atoms with E-state index in [1.807, 2.05) is 12.1 Å². The number of piperidine rings is 1. The third kappa shape index (κ3) is 6.37. The van der Waals surface area contributed by atoms with Gasteiger partial charge in [-0.15, -0.1) is 11.3 Å². The average molecular weight is 563 g/mol. The molecule has 0 spiro atoms. The van der Waals surface area contributed by atoms with E-state index in [0.29, 0.717) is 48.9 Å². The normalized spacial score (nSPS) is 22.7. The fourth-order valence-corrected chi connectivity index (χ4v) is 6.70. The van der Waals surface area contributed by atoms with E-state index in [4.69, 9.17) is 28.2 Å². The van der Waals surface area contributed by atoms with E-state index in [1.54, 1.807) is 17.4 Å². The Labute approximate surface area is 231 Å².